The molecular weight excluding hydrogens is 214 g/mol. The summed E-state index contributed by atoms with van der Waals surface area (Å²) in [6.07, 6.45) is 1.12. The van der Waals surface area contributed by atoms with Gasteiger partial charge in [0.25, 0.3) is 0 Å². The Morgan fingerprint density at radius 2 is 2.06 bits per heavy atom. The molecule has 3 unspecified atom stereocenters. The third-order valence-corrected chi connectivity index (χ3v) is 3.45. The molecule has 2 N–H and O–H groups in total. The fraction of sp³-hybridized carbons (Fsp3) is 0.923. The molecule has 0 bridgehead atoms. The lowest BCUT2D eigenvalue weighted by Crippen LogP contribution is -2.47. The third-order valence-electron chi connectivity index (χ3n) is 3.45. The summed E-state index contributed by atoms with van der Waals surface area (Å²) in [6, 6.07) is 0.950. The van der Waals surface area contributed by atoms with Gasteiger partial charge >= 0.3 is 0 Å². The maximum atomic E-state index is 11.8. The molecular formula is C13H27N3O. The molecule has 4 heteroatoms. The molecule has 0 radical (unpaired) electrons. The van der Waals surface area contributed by atoms with Crippen LogP contribution in [0.4, 0.5) is 0 Å². The van der Waals surface area contributed by atoms with E-state index in [2.05, 4.69) is 43.4 Å². The molecule has 1 aliphatic rings. The Balaban J connectivity index is 2.29. The number of likely N-dealkylation sites (N-methyl/N-ethyl adjacent to an activating group) is 1. The number of amides is 1. The highest BCUT2D eigenvalue weighted by molar-refractivity contribution is 5.81. The van der Waals surface area contributed by atoms with Crippen LogP contribution in [0.5, 0.6) is 0 Å². The molecule has 0 aliphatic carbocycles. The molecule has 0 spiro atoms. The van der Waals surface area contributed by atoms with Crippen LogP contribution in [0, 0.1) is 5.92 Å². The Labute approximate surface area is 105 Å². The standard InChI is InChI=1S/C13H27N3O/c1-9(2)7-14-13(17)11(4)15-12-6-10(3)16(5)8-12/h9-12,15H,6-8H2,1-5H3,(H,14,17). The van der Waals surface area contributed by atoms with Gasteiger partial charge in [-0.3, -0.25) is 4.79 Å². The first kappa shape index (κ1) is 14.5. The molecule has 4 nitrogen and oxygen atoms in total. The molecule has 0 saturated carbocycles. The van der Waals surface area contributed by atoms with E-state index in [-0.39, 0.29) is 11.9 Å². The van der Waals surface area contributed by atoms with Crippen molar-refractivity contribution in [3.63, 3.8) is 0 Å². The van der Waals surface area contributed by atoms with Gasteiger partial charge in [-0.25, -0.2) is 0 Å². The van der Waals surface area contributed by atoms with Crippen LogP contribution in [0.15, 0.2) is 0 Å². The number of likely N-dealkylation sites (tertiary alicyclic amines) is 1. The van der Waals surface area contributed by atoms with Crippen molar-refractivity contribution in [2.45, 2.75) is 52.2 Å². The average Bonchev–Trinajstić information content (AvgIpc) is 2.54. The summed E-state index contributed by atoms with van der Waals surface area (Å²) in [4.78, 5) is 14.1. The molecule has 0 aromatic carbocycles. The monoisotopic (exact) mass is 241 g/mol. The second-order valence-electron chi connectivity index (χ2n) is 5.75. The second kappa shape index (κ2) is 6.36. The van der Waals surface area contributed by atoms with Crippen LogP contribution >= 0.6 is 0 Å². The predicted molar refractivity (Wildman–Crippen MR) is 70.9 cm³/mol. The first-order valence-corrected chi connectivity index (χ1v) is 6.64. The van der Waals surface area contributed by atoms with E-state index in [1.54, 1.807) is 0 Å². The van der Waals surface area contributed by atoms with Crippen LogP contribution in [0.2, 0.25) is 0 Å². The quantitative estimate of drug-likeness (QED) is 0.749. The minimum absolute atomic E-state index is 0.0996. The van der Waals surface area contributed by atoms with Crippen molar-refractivity contribution in [3.05, 3.63) is 0 Å². The minimum atomic E-state index is -0.0996. The van der Waals surface area contributed by atoms with E-state index in [1.807, 2.05) is 6.92 Å². The second-order valence-corrected chi connectivity index (χ2v) is 5.75. The van der Waals surface area contributed by atoms with E-state index in [9.17, 15) is 4.79 Å². The molecule has 1 heterocycles. The first-order valence-electron chi connectivity index (χ1n) is 6.64. The zero-order chi connectivity index (χ0) is 13.0. The van der Waals surface area contributed by atoms with Gasteiger partial charge in [0.1, 0.15) is 0 Å². The van der Waals surface area contributed by atoms with Crippen molar-refractivity contribution >= 4 is 5.91 Å². The zero-order valence-corrected chi connectivity index (χ0v) is 11.8. The Hall–Kier alpha value is -0.610. The van der Waals surface area contributed by atoms with Crippen LogP contribution in [0.25, 0.3) is 0 Å². The predicted octanol–water partition coefficient (Wildman–Crippen LogP) is 0.829. The van der Waals surface area contributed by atoms with Crippen LogP contribution in [-0.2, 0) is 4.79 Å². The number of nitrogens with zero attached hydrogens (tertiary/aromatic N) is 1. The van der Waals surface area contributed by atoms with Gasteiger partial charge in [-0.05, 0) is 33.2 Å². The molecule has 1 saturated heterocycles. The van der Waals surface area contributed by atoms with Gasteiger partial charge in [0.2, 0.25) is 5.91 Å². The van der Waals surface area contributed by atoms with Crippen molar-refractivity contribution in [3.8, 4) is 0 Å². The van der Waals surface area contributed by atoms with Gasteiger partial charge < -0.3 is 15.5 Å². The van der Waals surface area contributed by atoms with Crippen LogP contribution < -0.4 is 10.6 Å². The molecule has 17 heavy (non-hydrogen) atoms. The lowest BCUT2D eigenvalue weighted by atomic mass is 10.1. The van der Waals surface area contributed by atoms with Gasteiger partial charge in [0, 0.05) is 25.2 Å². The van der Waals surface area contributed by atoms with E-state index in [0.29, 0.717) is 18.0 Å². The van der Waals surface area contributed by atoms with E-state index in [4.69, 9.17) is 0 Å². The van der Waals surface area contributed by atoms with Crippen molar-refractivity contribution in [2.75, 3.05) is 20.1 Å². The van der Waals surface area contributed by atoms with Gasteiger partial charge in [-0.1, -0.05) is 13.8 Å². The summed E-state index contributed by atoms with van der Waals surface area (Å²) in [7, 11) is 2.13. The highest BCUT2D eigenvalue weighted by Crippen LogP contribution is 2.15. The van der Waals surface area contributed by atoms with Crippen LogP contribution in [-0.4, -0.2) is 49.1 Å². The van der Waals surface area contributed by atoms with E-state index in [1.165, 1.54) is 0 Å². The zero-order valence-electron chi connectivity index (χ0n) is 11.8. The fourth-order valence-corrected chi connectivity index (χ4v) is 2.20. The molecule has 1 amide bonds. The Kier molecular flexibility index (Phi) is 5.40. The number of nitrogens with one attached hydrogen (secondary N) is 2. The number of hydrogen-bond acceptors (Lipinski definition) is 3. The van der Waals surface area contributed by atoms with Crippen LogP contribution in [0.1, 0.15) is 34.1 Å². The van der Waals surface area contributed by atoms with Gasteiger partial charge in [-0.15, -0.1) is 0 Å². The van der Waals surface area contributed by atoms with Gasteiger partial charge in [-0.2, -0.15) is 0 Å². The molecule has 1 aliphatic heterocycles. The maximum absolute atomic E-state index is 11.8. The molecule has 0 aromatic heterocycles. The summed E-state index contributed by atoms with van der Waals surface area (Å²) in [5, 5.41) is 6.37. The highest BCUT2D eigenvalue weighted by atomic mass is 16.2. The van der Waals surface area contributed by atoms with Crippen LogP contribution in [0.3, 0.4) is 0 Å². The SMILES string of the molecule is CC(C)CNC(=O)C(C)NC1CC(C)N(C)C1. The Morgan fingerprint density at radius 3 is 2.53 bits per heavy atom. The summed E-state index contributed by atoms with van der Waals surface area (Å²) >= 11 is 0. The molecule has 1 fully saturated rings. The summed E-state index contributed by atoms with van der Waals surface area (Å²) in [6.45, 7) is 10.2. The smallest absolute Gasteiger partial charge is 0.236 e. The third kappa shape index (κ3) is 4.64. The lowest BCUT2D eigenvalue weighted by Gasteiger charge is -2.19. The lowest BCUT2D eigenvalue weighted by molar-refractivity contribution is -0.123. The minimum Gasteiger partial charge on any atom is -0.354 e. The van der Waals surface area contributed by atoms with Gasteiger partial charge in [0.05, 0.1) is 6.04 Å². The van der Waals surface area contributed by atoms with Crippen molar-refractivity contribution in [1.29, 1.82) is 0 Å². The average molecular weight is 241 g/mol. The normalized spacial score (nSPS) is 27.4. The van der Waals surface area contributed by atoms with Gasteiger partial charge in [0.15, 0.2) is 0 Å². The van der Waals surface area contributed by atoms with Crippen molar-refractivity contribution in [1.82, 2.24) is 15.5 Å². The van der Waals surface area contributed by atoms with E-state index < -0.39 is 0 Å². The van der Waals surface area contributed by atoms with Crippen molar-refractivity contribution in [2.24, 2.45) is 5.92 Å². The number of carbonyl (C=O) groups is 1. The number of hydrogen-bond donors (Lipinski definition) is 2. The van der Waals surface area contributed by atoms with E-state index in [0.717, 1.165) is 19.5 Å². The summed E-state index contributed by atoms with van der Waals surface area (Å²) in [5.41, 5.74) is 0. The van der Waals surface area contributed by atoms with Crippen molar-refractivity contribution < 1.29 is 4.79 Å². The molecule has 3 atom stereocenters. The maximum Gasteiger partial charge on any atom is 0.236 e. The molecule has 100 valence electrons. The summed E-state index contributed by atoms with van der Waals surface area (Å²) < 4.78 is 0. The summed E-state index contributed by atoms with van der Waals surface area (Å²) in [5.74, 6) is 0.615. The fourth-order valence-electron chi connectivity index (χ4n) is 2.20. The number of rotatable bonds is 5. The highest BCUT2D eigenvalue weighted by Gasteiger charge is 2.28. The Bertz CT molecular complexity index is 245. The number of carbonyl (C=O) groups excluding carboxylic acids is 1. The van der Waals surface area contributed by atoms with E-state index >= 15 is 0 Å². The molecule has 0 aromatic rings. The Morgan fingerprint density at radius 1 is 1.41 bits per heavy atom. The first-order chi connectivity index (χ1) is 7.90. The largest absolute Gasteiger partial charge is 0.354 e. The topological polar surface area (TPSA) is 44.4 Å². The molecule has 1 rings (SSSR count).